The summed E-state index contributed by atoms with van der Waals surface area (Å²) in [5, 5.41) is 0. The predicted molar refractivity (Wildman–Crippen MR) is 67.8 cm³/mol. The van der Waals surface area contributed by atoms with E-state index in [1.807, 2.05) is 0 Å². The third-order valence-corrected chi connectivity index (χ3v) is 5.82. The van der Waals surface area contributed by atoms with E-state index in [1.165, 1.54) is 44.7 Å². The molecule has 0 unspecified atom stereocenters. The molecule has 0 saturated heterocycles. The summed E-state index contributed by atoms with van der Waals surface area (Å²) >= 11 is 0. The first-order valence-electron chi connectivity index (χ1n) is 6.28. The molecule has 0 spiro atoms. The molecular formula is C12H27OP. The van der Waals surface area contributed by atoms with Gasteiger partial charge in [0.2, 0.25) is 0 Å². The number of rotatable bonds is 6. The van der Waals surface area contributed by atoms with Gasteiger partial charge in [-0.3, -0.25) is 0 Å². The molecule has 1 rings (SSSR count). The first-order valence-corrected chi connectivity index (χ1v) is 9.39. The Morgan fingerprint density at radius 3 is 2.43 bits per heavy atom. The molecule has 1 aliphatic rings. The van der Waals surface area contributed by atoms with Gasteiger partial charge in [-0.25, -0.2) is 0 Å². The van der Waals surface area contributed by atoms with Crippen LogP contribution in [0.3, 0.4) is 0 Å². The van der Waals surface area contributed by atoms with E-state index in [9.17, 15) is 0 Å². The van der Waals surface area contributed by atoms with Crippen LogP contribution in [0.5, 0.6) is 0 Å². The zero-order chi connectivity index (χ0) is 10.4. The Bertz CT molecular complexity index is 150. The summed E-state index contributed by atoms with van der Waals surface area (Å²) in [7, 11) is -1.29. The summed E-state index contributed by atoms with van der Waals surface area (Å²) in [4.78, 5) is 0. The van der Waals surface area contributed by atoms with E-state index in [1.54, 1.807) is 0 Å². The summed E-state index contributed by atoms with van der Waals surface area (Å²) in [6, 6.07) is 0. The minimum absolute atomic E-state index is 0.892. The van der Waals surface area contributed by atoms with Crippen molar-refractivity contribution in [2.24, 2.45) is 5.92 Å². The van der Waals surface area contributed by atoms with Gasteiger partial charge in [-0.2, -0.15) is 0 Å². The topological polar surface area (TPSA) is 9.23 Å². The van der Waals surface area contributed by atoms with E-state index in [-0.39, 0.29) is 0 Å². The van der Waals surface area contributed by atoms with Crippen LogP contribution in [0.1, 0.15) is 45.4 Å². The first kappa shape index (κ1) is 12.5. The van der Waals surface area contributed by atoms with Crippen LogP contribution in [0.4, 0.5) is 0 Å². The molecule has 0 bridgehead atoms. The van der Waals surface area contributed by atoms with Crippen molar-refractivity contribution >= 4 is 7.49 Å². The van der Waals surface area contributed by atoms with Crippen LogP contribution in [0.15, 0.2) is 0 Å². The quantitative estimate of drug-likeness (QED) is 0.614. The van der Waals surface area contributed by atoms with Crippen molar-refractivity contribution in [3.8, 4) is 0 Å². The van der Waals surface area contributed by atoms with Crippen LogP contribution >= 0.6 is 7.49 Å². The molecule has 0 aliphatic heterocycles. The van der Waals surface area contributed by atoms with Gasteiger partial charge in [-0.15, -0.1) is 0 Å². The molecule has 1 aliphatic carbocycles. The van der Waals surface area contributed by atoms with E-state index in [2.05, 4.69) is 20.3 Å². The summed E-state index contributed by atoms with van der Waals surface area (Å²) in [5.74, 6) is 0.892. The Balaban J connectivity index is 2.14. The van der Waals surface area contributed by atoms with E-state index in [4.69, 9.17) is 4.52 Å². The molecule has 0 radical (unpaired) electrons. The molecule has 2 heteroatoms. The van der Waals surface area contributed by atoms with Gasteiger partial charge in [0.25, 0.3) is 0 Å². The Morgan fingerprint density at radius 1 is 1.21 bits per heavy atom. The van der Waals surface area contributed by atoms with Crippen molar-refractivity contribution < 1.29 is 4.52 Å². The molecule has 86 valence electrons. The molecule has 1 nitrogen and oxygen atoms in total. The summed E-state index contributed by atoms with van der Waals surface area (Å²) in [6.45, 7) is 8.07. The zero-order valence-electron chi connectivity index (χ0n) is 10.1. The maximum atomic E-state index is 6.15. The Morgan fingerprint density at radius 2 is 1.86 bits per heavy atom. The van der Waals surface area contributed by atoms with Gasteiger partial charge in [0.1, 0.15) is 0 Å². The molecule has 0 amide bonds. The maximum absolute atomic E-state index is 6.15. The van der Waals surface area contributed by atoms with Crippen molar-refractivity contribution in [3.63, 3.8) is 0 Å². The van der Waals surface area contributed by atoms with Crippen molar-refractivity contribution in [3.05, 3.63) is 0 Å². The fraction of sp³-hybridized carbons (Fsp3) is 1.00. The predicted octanol–water partition coefficient (Wildman–Crippen LogP) is 3.92. The van der Waals surface area contributed by atoms with Gasteiger partial charge in [0.15, 0.2) is 0 Å². The van der Waals surface area contributed by atoms with Crippen LogP contribution in [-0.4, -0.2) is 26.1 Å². The van der Waals surface area contributed by atoms with Crippen molar-refractivity contribution in [1.29, 1.82) is 0 Å². The second-order valence-corrected chi connectivity index (χ2v) is 9.63. The average Bonchev–Trinajstić information content (AvgIpc) is 2.64. The second-order valence-electron chi connectivity index (χ2n) is 5.32. The van der Waals surface area contributed by atoms with Crippen molar-refractivity contribution in [2.45, 2.75) is 45.4 Å². The Kier molecular flexibility index (Phi) is 5.41. The Hall–Kier alpha value is 0.390. The fourth-order valence-electron chi connectivity index (χ4n) is 2.20. The van der Waals surface area contributed by atoms with E-state index < -0.39 is 7.49 Å². The van der Waals surface area contributed by atoms with Gasteiger partial charge >= 0.3 is 89.5 Å². The fourth-order valence-corrected chi connectivity index (χ4v) is 4.23. The van der Waals surface area contributed by atoms with E-state index in [0.717, 1.165) is 12.5 Å². The monoisotopic (exact) mass is 218 g/mol. The Labute approximate surface area is 90.0 Å². The average molecular weight is 218 g/mol. The molecule has 0 atom stereocenters. The molecule has 1 fully saturated rings. The van der Waals surface area contributed by atoms with Gasteiger partial charge in [-0.05, 0) is 0 Å². The molecule has 0 aromatic carbocycles. The first-order chi connectivity index (χ1) is 6.64. The van der Waals surface area contributed by atoms with Crippen molar-refractivity contribution in [2.75, 3.05) is 26.1 Å². The van der Waals surface area contributed by atoms with E-state index in [0.29, 0.717) is 0 Å². The van der Waals surface area contributed by atoms with Crippen LogP contribution in [0, 0.1) is 5.92 Å². The standard InChI is InChI=1S/C12H27OP/c1-4-5-10-14(2,3)13-11-12-8-6-7-9-12/h12,14H,4-11H2,1-3H3. The van der Waals surface area contributed by atoms with Crippen molar-refractivity contribution in [1.82, 2.24) is 0 Å². The van der Waals surface area contributed by atoms with Gasteiger partial charge in [0.05, 0.1) is 0 Å². The van der Waals surface area contributed by atoms with E-state index >= 15 is 0 Å². The second kappa shape index (κ2) is 6.08. The molecule has 1 saturated carbocycles. The van der Waals surface area contributed by atoms with Crippen LogP contribution < -0.4 is 0 Å². The van der Waals surface area contributed by atoms with Crippen LogP contribution in [0.2, 0.25) is 0 Å². The number of hydrogen-bond acceptors (Lipinski definition) is 1. The molecule has 0 heterocycles. The minimum atomic E-state index is -1.29. The normalized spacial score (nSPS) is 20.2. The molecule has 0 aromatic heterocycles. The number of hydrogen-bond donors (Lipinski definition) is 0. The summed E-state index contributed by atoms with van der Waals surface area (Å²) in [6.07, 6.45) is 9.70. The van der Waals surface area contributed by atoms with Gasteiger partial charge in [0, 0.05) is 0 Å². The van der Waals surface area contributed by atoms with Crippen LogP contribution in [-0.2, 0) is 4.52 Å². The summed E-state index contributed by atoms with van der Waals surface area (Å²) in [5.41, 5.74) is 0. The van der Waals surface area contributed by atoms with Gasteiger partial charge in [-0.1, -0.05) is 0 Å². The zero-order valence-corrected chi connectivity index (χ0v) is 11.1. The SMILES string of the molecule is CCCC[PH](C)(C)OCC1CCCC1. The molecular weight excluding hydrogens is 191 g/mol. The molecule has 0 N–H and O–H groups in total. The third-order valence-electron chi connectivity index (χ3n) is 3.32. The summed E-state index contributed by atoms with van der Waals surface area (Å²) < 4.78 is 6.15. The molecule has 14 heavy (non-hydrogen) atoms. The number of unbranched alkanes of at least 4 members (excludes halogenated alkanes) is 1. The van der Waals surface area contributed by atoms with Crippen LogP contribution in [0.25, 0.3) is 0 Å². The third kappa shape index (κ3) is 4.75. The molecule has 0 aromatic rings. The van der Waals surface area contributed by atoms with Gasteiger partial charge < -0.3 is 0 Å².